The molecule has 0 spiro atoms. The van der Waals surface area contributed by atoms with Crippen LogP contribution in [-0.4, -0.2) is 51.8 Å². The number of pyridine rings is 1. The van der Waals surface area contributed by atoms with Crippen LogP contribution in [0.4, 0.5) is 4.39 Å². The van der Waals surface area contributed by atoms with E-state index in [2.05, 4.69) is 4.98 Å². The molecule has 1 aliphatic rings. The Morgan fingerprint density at radius 1 is 1.62 bits per heavy atom. The normalized spacial score (nSPS) is 25.9. The molecule has 0 aromatic carbocycles. The molecule has 0 aliphatic carbocycles. The standard InChI is InChI=1S/C15H21FN2O3/c1-2-4-15(10-19)5-7-18(9-13(15)20)14(21)11-3-6-17-8-12(11)16/h3,6,8,13,19-20H,2,4-5,7,9-10H2,1H3/t13-,15+/m0/s1. The fraction of sp³-hybridized carbons (Fsp3) is 0.600. The van der Waals surface area contributed by atoms with Crippen molar-refractivity contribution in [3.05, 3.63) is 29.8 Å². The average Bonchev–Trinajstić information content (AvgIpc) is 2.49. The molecular weight excluding hydrogens is 275 g/mol. The van der Waals surface area contributed by atoms with Gasteiger partial charge in [0.25, 0.3) is 5.91 Å². The van der Waals surface area contributed by atoms with Gasteiger partial charge in [0.05, 0.1) is 24.5 Å². The highest BCUT2D eigenvalue weighted by atomic mass is 19.1. The van der Waals surface area contributed by atoms with Gasteiger partial charge in [-0.05, 0) is 18.9 Å². The smallest absolute Gasteiger partial charge is 0.257 e. The lowest BCUT2D eigenvalue weighted by Crippen LogP contribution is -2.54. The quantitative estimate of drug-likeness (QED) is 0.876. The molecular formula is C15H21FN2O3. The van der Waals surface area contributed by atoms with Crippen LogP contribution in [0.3, 0.4) is 0 Å². The number of hydrogen-bond acceptors (Lipinski definition) is 4. The summed E-state index contributed by atoms with van der Waals surface area (Å²) >= 11 is 0. The molecule has 0 saturated carbocycles. The summed E-state index contributed by atoms with van der Waals surface area (Å²) in [6.07, 6.45) is 3.64. The number of nitrogens with zero attached hydrogens (tertiary/aromatic N) is 2. The molecule has 0 unspecified atom stereocenters. The minimum atomic E-state index is -0.801. The van der Waals surface area contributed by atoms with Crippen LogP contribution < -0.4 is 0 Å². The number of likely N-dealkylation sites (tertiary alicyclic amines) is 1. The molecule has 5 nitrogen and oxygen atoms in total. The Morgan fingerprint density at radius 3 is 2.95 bits per heavy atom. The highest BCUT2D eigenvalue weighted by Crippen LogP contribution is 2.36. The first kappa shape index (κ1) is 15.9. The number of aliphatic hydroxyl groups excluding tert-OH is 2. The molecule has 1 aromatic heterocycles. The van der Waals surface area contributed by atoms with Gasteiger partial charge in [-0.15, -0.1) is 0 Å². The number of rotatable bonds is 4. The molecule has 1 saturated heterocycles. The van der Waals surface area contributed by atoms with Gasteiger partial charge < -0.3 is 15.1 Å². The highest BCUT2D eigenvalue weighted by Gasteiger charge is 2.42. The Labute approximate surface area is 123 Å². The van der Waals surface area contributed by atoms with Crippen molar-refractivity contribution >= 4 is 5.91 Å². The third-order valence-corrected chi connectivity index (χ3v) is 4.33. The molecule has 2 heterocycles. The first-order chi connectivity index (χ1) is 10.0. The second kappa shape index (κ2) is 6.49. The lowest BCUT2D eigenvalue weighted by atomic mass is 9.73. The van der Waals surface area contributed by atoms with Crippen LogP contribution in [0.1, 0.15) is 36.5 Å². The van der Waals surface area contributed by atoms with Crippen LogP contribution in [0.15, 0.2) is 18.5 Å². The summed E-state index contributed by atoms with van der Waals surface area (Å²) in [6.45, 7) is 2.40. The van der Waals surface area contributed by atoms with Crippen molar-refractivity contribution in [2.24, 2.45) is 5.41 Å². The van der Waals surface area contributed by atoms with Gasteiger partial charge in [-0.2, -0.15) is 0 Å². The van der Waals surface area contributed by atoms with Crippen LogP contribution in [0.5, 0.6) is 0 Å². The van der Waals surface area contributed by atoms with Crippen LogP contribution in [0.2, 0.25) is 0 Å². The number of β-amino-alcohol motifs (C(OH)–C–C–N with tert-alkyl or cyclic N) is 1. The Bertz CT molecular complexity index is 511. The summed E-state index contributed by atoms with van der Waals surface area (Å²) in [7, 11) is 0. The maximum atomic E-state index is 13.6. The Hall–Kier alpha value is -1.53. The van der Waals surface area contributed by atoms with E-state index >= 15 is 0 Å². The van der Waals surface area contributed by atoms with E-state index in [1.165, 1.54) is 17.2 Å². The van der Waals surface area contributed by atoms with E-state index in [4.69, 9.17) is 0 Å². The van der Waals surface area contributed by atoms with Crippen LogP contribution in [0, 0.1) is 11.2 Å². The number of piperidine rings is 1. The minimum Gasteiger partial charge on any atom is -0.396 e. The van der Waals surface area contributed by atoms with Crippen LogP contribution >= 0.6 is 0 Å². The maximum Gasteiger partial charge on any atom is 0.257 e. The SMILES string of the molecule is CCC[C@]1(CO)CCN(C(=O)c2ccncc2F)C[C@@H]1O. The van der Waals surface area contributed by atoms with Gasteiger partial charge in [-0.1, -0.05) is 13.3 Å². The third-order valence-electron chi connectivity index (χ3n) is 4.33. The summed E-state index contributed by atoms with van der Waals surface area (Å²) in [5.74, 6) is -1.11. The van der Waals surface area contributed by atoms with Crippen molar-refractivity contribution in [2.75, 3.05) is 19.7 Å². The molecule has 21 heavy (non-hydrogen) atoms. The molecule has 0 bridgehead atoms. The fourth-order valence-electron chi connectivity index (χ4n) is 2.97. The molecule has 2 N–H and O–H groups in total. The second-order valence-electron chi connectivity index (χ2n) is 5.64. The lowest BCUT2D eigenvalue weighted by molar-refractivity contribution is -0.0714. The van der Waals surface area contributed by atoms with E-state index in [9.17, 15) is 19.4 Å². The molecule has 1 aromatic rings. The number of carbonyl (C=O) groups is 1. The van der Waals surface area contributed by atoms with Gasteiger partial charge >= 0.3 is 0 Å². The fourth-order valence-corrected chi connectivity index (χ4v) is 2.97. The zero-order valence-electron chi connectivity index (χ0n) is 12.1. The van der Waals surface area contributed by atoms with Gasteiger partial charge in [0.2, 0.25) is 0 Å². The molecule has 2 rings (SSSR count). The zero-order valence-corrected chi connectivity index (χ0v) is 12.1. The first-order valence-electron chi connectivity index (χ1n) is 7.22. The summed E-state index contributed by atoms with van der Waals surface area (Å²) < 4.78 is 13.6. The number of halogens is 1. The summed E-state index contributed by atoms with van der Waals surface area (Å²) in [5, 5.41) is 19.9. The van der Waals surface area contributed by atoms with Crippen molar-refractivity contribution in [1.82, 2.24) is 9.88 Å². The van der Waals surface area contributed by atoms with Crippen molar-refractivity contribution < 1.29 is 19.4 Å². The van der Waals surface area contributed by atoms with E-state index in [1.54, 1.807) is 0 Å². The van der Waals surface area contributed by atoms with Crippen molar-refractivity contribution in [2.45, 2.75) is 32.3 Å². The van der Waals surface area contributed by atoms with E-state index in [0.717, 1.165) is 12.6 Å². The minimum absolute atomic E-state index is 0.0378. The van der Waals surface area contributed by atoms with Gasteiger partial charge in [-0.25, -0.2) is 4.39 Å². The van der Waals surface area contributed by atoms with Gasteiger partial charge in [0.15, 0.2) is 5.82 Å². The average molecular weight is 296 g/mol. The monoisotopic (exact) mass is 296 g/mol. The topological polar surface area (TPSA) is 73.7 Å². The lowest BCUT2D eigenvalue weighted by Gasteiger charge is -2.44. The van der Waals surface area contributed by atoms with E-state index in [-0.39, 0.29) is 18.7 Å². The number of aliphatic hydroxyl groups is 2. The van der Waals surface area contributed by atoms with Crippen LogP contribution in [0.25, 0.3) is 0 Å². The van der Waals surface area contributed by atoms with E-state index < -0.39 is 23.2 Å². The molecule has 1 fully saturated rings. The predicted molar refractivity (Wildman–Crippen MR) is 75.1 cm³/mol. The van der Waals surface area contributed by atoms with Crippen molar-refractivity contribution in [3.63, 3.8) is 0 Å². The Balaban J connectivity index is 2.12. The summed E-state index contributed by atoms with van der Waals surface area (Å²) in [4.78, 5) is 17.4. The van der Waals surface area contributed by atoms with Gasteiger partial charge in [0.1, 0.15) is 0 Å². The number of hydrogen-bond donors (Lipinski definition) is 2. The van der Waals surface area contributed by atoms with Crippen molar-refractivity contribution in [3.8, 4) is 0 Å². The molecule has 2 atom stereocenters. The number of amides is 1. The maximum absolute atomic E-state index is 13.6. The molecule has 1 amide bonds. The summed E-state index contributed by atoms with van der Waals surface area (Å²) in [5.41, 5.74) is -0.591. The Kier molecular flexibility index (Phi) is 4.90. The highest BCUT2D eigenvalue weighted by molar-refractivity contribution is 5.94. The third kappa shape index (κ3) is 3.06. The largest absolute Gasteiger partial charge is 0.396 e. The molecule has 116 valence electrons. The molecule has 6 heteroatoms. The van der Waals surface area contributed by atoms with Gasteiger partial charge in [-0.3, -0.25) is 9.78 Å². The first-order valence-corrected chi connectivity index (χ1v) is 7.22. The second-order valence-corrected chi connectivity index (χ2v) is 5.64. The molecule has 0 radical (unpaired) electrons. The predicted octanol–water partition coefficient (Wildman–Crippen LogP) is 1.21. The Morgan fingerprint density at radius 2 is 2.38 bits per heavy atom. The van der Waals surface area contributed by atoms with E-state index in [1.807, 2.05) is 6.92 Å². The number of aromatic nitrogens is 1. The van der Waals surface area contributed by atoms with Crippen LogP contribution in [-0.2, 0) is 0 Å². The van der Waals surface area contributed by atoms with Gasteiger partial charge in [0, 0.05) is 24.7 Å². The van der Waals surface area contributed by atoms with Crippen molar-refractivity contribution in [1.29, 1.82) is 0 Å². The van der Waals surface area contributed by atoms with E-state index in [0.29, 0.717) is 19.4 Å². The zero-order chi connectivity index (χ0) is 15.5. The number of carbonyl (C=O) groups excluding carboxylic acids is 1. The molecule has 1 aliphatic heterocycles. The summed E-state index contributed by atoms with van der Waals surface area (Å²) in [6, 6.07) is 1.34.